The van der Waals surface area contributed by atoms with Gasteiger partial charge in [0.25, 0.3) is 5.56 Å². The Labute approximate surface area is 115 Å². The molecule has 2 aromatic heterocycles. The summed E-state index contributed by atoms with van der Waals surface area (Å²) in [5.74, 6) is 0. The van der Waals surface area contributed by atoms with Crippen molar-refractivity contribution in [3.8, 4) is 0 Å². The highest BCUT2D eigenvalue weighted by Crippen LogP contribution is 2.15. The molecule has 1 N–H and O–H groups in total. The average Bonchev–Trinajstić information content (AvgIpc) is 2.71. The number of β-amino-alcohol motifs (C(OH)–C–C–N with tert-alkyl or cyclic N) is 1. The number of aliphatic hydroxyl groups is 1. The number of rotatable bonds is 2. The summed E-state index contributed by atoms with van der Waals surface area (Å²) >= 11 is 1.49. The Morgan fingerprint density at radius 1 is 1.58 bits per heavy atom. The molecule has 1 saturated heterocycles. The molecule has 0 amide bonds. The third-order valence-corrected chi connectivity index (χ3v) is 4.44. The highest BCUT2D eigenvalue weighted by Gasteiger charge is 2.18. The van der Waals surface area contributed by atoms with Crippen molar-refractivity contribution in [3.63, 3.8) is 0 Å². The lowest BCUT2D eigenvalue weighted by molar-refractivity contribution is 0.0662. The molecule has 3 heterocycles. The molecule has 3 rings (SSSR count). The van der Waals surface area contributed by atoms with Gasteiger partial charge in [0.15, 0.2) is 4.96 Å². The molecule has 1 aliphatic heterocycles. The lowest BCUT2D eigenvalue weighted by Gasteiger charge is -2.29. The molecule has 0 aliphatic carbocycles. The number of nitrogens with zero attached hydrogens (tertiary/aromatic N) is 3. The number of aryl methyl sites for hydroxylation is 1. The second-order valence-corrected chi connectivity index (χ2v) is 5.95. The maximum absolute atomic E-state index is 12.0. The smallest absolute Gasteiger partial charge is 0.259 e. The molecule has 0 spiro atoms. The first-order valence-corrected chi connectivity index (χ1v) is 7.38. The van der Waals surface area contributed by atoms with Gasteiger partial charge < -0.3 is 5.11 Å². The molecule has 1 fully saturated rings. The number of hydrogen-bond donors (Lipinski definition) is 1. The molecular formula is C13H17N3O2S. The summed E-state index contributed by atoms with van der Waals surface area (Å²) in [7, 11) is 0. The van der Waals surface area contributed by atoms with Crippen LogP contribution in [0.2, 0.25) is 0 Å². The van der Waals surface area contributed by atoms with Crippen LogP contribution in [0.3, 0.4) is 0 Å². The first-order valence-electron chi connectivity index (χ1n) is 6.50. The van der Waals surface area contributed by atoms with Gasteiger partial charge >= 0.3 is 0 Å². The standard InChI is InChI=1S/C13H17N3O2S/c1-9-8-19-13-14-10(5-12(18)16(9)13)6-15-4-2-3-11(17)7-15/h5,8,11,17H,2-4,6-7H2,1H3/t11-/m0/s1. The average molecular weight is 279 g/mol. The number of likely N-dealkylation sites (tertiary alicyclic amines) is 1. The van der Waals surface area contributed by atoms with Crippen LogP contribution in [-0.4, -0.2) is 38.6 Å². The largest absolute Gasteiger partial charge is 0.392 e. The fraction of sp³-hybridized carbons (Fsp3) is 0.538. The van der Waals surface area contributed by atoms with Crippen LogP contribution >= 0.6 is 11.3 Å². The van der Waals surface area contributed by atoms with Gasteiger partial charge in [0, 0.05) is 30.2 Å². The van der Waals surface area contributed by atoms with E-state index in [0.717, 1.165) is 35.7 Å². The maximum atomic E-state index is 12.0. The second kappa shape index (κ2) is 5.03. The van der Waals surface area contributed by atoms with E-state index in [1.807, 2.05) is 12.3 Å². The molecule has 1 atom stereocenters. The topological polar surface area (TPSA) is 57.8 Å². The van der Waals surface area contributed by atoms with E-state index in [4.69, 9.17) is 0 Å². The predicted molar refractivity (Wildman–Crippen MR) is 74.6 cm³/mol. The third kappa shape index (κ3) is 2.56. The third-order valence-electron chi connectivity index (χ3n) is 3.49. The van der Waals surface area contributed by atoms with Crippen LogP contribution in [0.4, 0.5) is 0 Å². The lowest BCUT2D eigenvalue weighted by atomic mass is 10.1. The molecule has 0 bridgehead atoms. The number of fused-ring (bicyclic) bond motifs is 1. The van der Waals surface area contributed by atoms with E-state index < -0.39 is 0 Å². The van der Waals surface area contributed by atoms with E-state index >= 15 is 0 Å². The minimum absolute atomic E-state index is 0.0173. The number of aromatic nitrogens is 2. The van der Waals surface area contributed by atoms with Gasteiger partial charge in [-0.2, -0.15) is 0 Å². The van der Waals surface area contributed by atoms with E-state index in [1.54, 1.807) is 10.5 Å². The van der Waals surface area contributed by atoms with Gasteiger partial charge in [0.2, 0.25) is 0 Å². The number of thiazole rings is 1. The zero-order valence-corrected chi connectivity index (χ0v) is 11.7. The highest BCUT2D eigenvalue weighted by atomic mass is 32.1. The van der Waals surface area contributed by atoms with Crippen molar-refractivity contribution in [2.24, 2.45) is 0 Å². The van der Waals surface area contributed by atoms with Crippen LogP contribution in [0.5, 0.6) is 0 Å². The van der Waals surface area contributed by atoms with Crippen molar-refractivity contribution in [1.82, 2.24) is 14.3 Å². The Kier molecular flexibility index (Phi) is 3.38. The minimum atomic E-state index is -0.248. The Morgan fingerprint density at radius 2 is 2.42 bits per heavy atom. The van der Waals surface area contributed by atoms with Gasteiger partial charge in [-0.25, -0.2) is 4.98 Å². The summed E-state index contributed by atoms with van der Waals surface area (Å²) < 4.78 is 1.64. The lowest BCUT2D eigenvalue weighted by Crippen LogP contribution is -2.38. The molecule has 0 saturated carbocycles. The molecule has 102 valence electrons. The van der Waals surface area contributed by atoms with Crippen molar-refractivity contribution in [1.29, 1.82) is 0 Å². The van der Waals surface area contributed by atoms with Crippen LogP contribution in [0.1, 0.15) is 24.2 Å². The van der Waals surface area contributed by atoms with Crippen LogP contribution in [0, 0.1) is 6.92 Å². The molecule has 1 aliphatic rings. The zero-order valence-electron chi connectivity index (χ0n) is 10.9. The highest BCUT2D eigenvalue weighted by molar-refractivity contribution is 7.15. The maximum Gasteiger partial charge on any atom is 0.259 e. The molecule has 19 heavy (non-hydrogen) atoms. The first kappa shape index (κ1) is 12.8. The van der Waals surface area contributed by atoms with E-state index in [9.17, 15) is 9.90 Å². The fourth-order valence-electron chi connectivity index (χ4n) is 2.59. The number of hydrogen-bond acceptors (Lipinski definition) is 5. The van der Waals surface area contributed by atoms with Crippen LogP contribution in [0.25, 0.3) is 4.96 Å². The molecule has 5 nitrogen and oxygen atoms in total. The van der Waals surface area contributed by atoms with Crippen molar-refractivity contribution in [2.45, 2.75) is 32.4 Å². The molecule has 0 unspecified atom stereocenters. The van der Waals surface area contributed by atoms with Crippen LogP contribution in [0.15, 0.2) is 16.2 Å². The summed E-state index contributed by atoms with van der Waals surface area (Å²) in [4.78, 5) is 19.5. The Balaban J connectivity index is 1.87. The normalized spacial score (nSPS) is 21.1. The summed E-state index contributed by atoms with van der Waals surface area (Å²) in [5, 5.41) is 11.6. The second-order valence-electron chi connectivity index (χ2n) is 5.11. The van der Waals surface area contributed by atoms with Crippen LogP contribution < -0.4 is 5.56 Å². The summed E-state index contributed by atoms with van der Waals surface area (Å²) in [5.41, 5.74) is 1.70. The Hall–Kier alpha value is -1.24. The molecule has 2 aromatic rings. The Morgan fingerprint density at radius 3 is 3.21 bits per heavy atom. The SMILES string of the molecule is Cc1csc2nc(CN3CCC[C@H](O)C3)cc(=O)n12. The van der Waals surface area contributed by atoms with Gasteiger partial charge in [0.05, 0.1) is 11.8 Å². The van der Waals surface area contributed by atoms with E-state index in [2.05, 4.69) is 9.88 Å². The number of piperidine rings is 1. The van der Waals surface area contributed by atoms with Crippen molar-refractivity contribution < 1.29 is 5.11 Å². The van der Waals surface area contributed by atoms with Gasteiger partial charge in [0.1, 0.15) is 0 Å². The van der Waals surface area contributed by atoms with Gasteiger partial charge in [-0.3, -0.25) is 14.1 Å². The molecule has 0 aromatic carbocycles. The van der Waals surface area contributed by atoms with Gasteiger partial charge in [-0.15, -0.1) is 11.3 Å². The van der Waals surface area contributed by atoms with E-state index in [-0.39, 0.29) is 11.7 Å². The van der Waals surface area contributed by atoms with E-state index in [0.29, 0.717) is 13.1 Å². The summed E-state index contributed by atoms with van der Waals surface area (Å²) in [6.45, 7) is 4.18. The van der Waals surface area contributed by atoms with E-state index in [1.165, 1.54) is 11.3 Å². The summed E-state index contributed by atoms with van der Waals surface area (Å²) in [6.07, 6.45) is 1.62. The fourth-order valence-corrected chi connectivity index (χ4v) is 3.48. The Bertz CT molecular complexity index is 649. The van der Waals surface area contributed by atoms with Crippen molar-refractivity contribution in [3.05, 3.63) is 33.2 Å². The quantitative estimate of drug-likeness (QED) is 0.892. The molecular weight excluding hydrogens is 262 g/mol. The summed E-state index contributed by atoms with van der Waals surface area (Å²) in [6, 6.07) is 1.60. The monoisotopic (exact) mass is 279 g/mol. The van der Waals surface area contributed by atoms with Crippen molar-refractivity contribution >= 4 is 16.3 Å². The van der Waals surface area contributed by atoms with Gasteiger partial charge in [-0.05, 0) is 26.3 Å². The molecule has 6 heteroatoms. The van der Waals surface area contributed by atoms with Crippen molar-refractivity contribution in [2.75, 3.05) is 13.1 Å². The zero-order chi connectivity index (χ0) is 13.4. The molecule has 0 radical (unpaired) electrons. The predicted octanol–water partition coefficient (Wildman–Crippen LogP) is 1.02. The number of aliphatic hydroxyl groups excluding tert-OH is 1. The van der Waals surface area contributed by atoms with Crippen LogP contribution in [-0.2, 0) is 6.54 Å². The van der Waals surface area contributed by atoms with Gasteiger partial charge in [-0.1, -0.05) is 0 Å². The first-order chi connectivity index (χ1) is 9.13. The minimum Gasteiger partial charge on any atom is -0.392 e.